The fourth-order valence-electron chi connectivity index (χ4n) is 1.72. The fraction of sp³-hybridized carbons (Fsp3) is 0.538. The Morgan fingerprint density at radius 3 is 2.71 bits per heavy atom. The summed E-state index contributed by atoms with van der Waals surface area (Å²) >= 11 is 5.62. The lowest BCUT2D eigenvalue weighted by Gasteiger charge is -2.15. The Morgan fingerprint density at radius 1 is 1.18 bits per heavy atom. The van der Waals surface area contributed by atoms with Gasteiger partial charge in [-0.15, -0.1) is 11.6 Å². The molecule has 0 bridgehead atoms. The highest BCUT2D eigenvalue weighted by Gasteiger charge is 2.21. The maximum absolute atomic E-state index is 5.73. The molecule has 2 rings (SSSR count). The molecule has 0 spiro atoms. The topological polar surface area (TPSA) is 27.7 Å². The zero-order chi connectivity index (χ0) is 11.9. The van der Waals surface area contributed by atoms with E-state index >= 15 is 0 Å². The number of para-hydroxylation sites is 1. The van der Waals surface area contributed by atoms with Crippen LogP contribution in [0.25, 0.3) is 0 Å². The molecule has 0 unspecified atom stereocenters. The molecule has 1 aliphatic rings. The first kappa shape index (κ1) is 12.7. The van der Waals surface area contributed by atoms with Crippen LogP contribution in [0.1, 0.15) is 24.7 Å². The standard InChI is InChI=1S/C13H17ClO3/c14-7-3-4-8-15-12-6-2-1-5-11(12)13-16-9-10-17-13/h1-2,5-6,13H,3-4,7-10H2. The van der Waals surface area contributed by atoms with Gasteiger partial charge < -0.3 is 14.2 Å². The lowest BCUT2D eigenvalue weighted by atomic mass is 10.2. The van der Waals surface area contributed by atoms with Crippen LogP contribution < -0.4 is 4.74 Å². The second-order valence-electron chi connectivity index (χ2n) is 3.86. The molecule has 3 nitrogen and oxygen atoms in total. The minimum Gasteiger partial charge on any atom is -0.493 e. The number of hydrogen-bond acceptors (Lipinski definition) is 3. The molecule has 94 valence electrons. The molecule has 1 fully saturated rings. The van der Waals surface area contributed by atoms with Crippen molar-refractivity contribution < 1.29 is 14.2 Å². The molecule has 0 atom stereocenters. The highest BCUT2D eigenvalue weighted by atomic mass is 35.5. The van der Waals surface area contributed by atoms with Gasteiger partial charge >= 0.3 is 0 Å². The van der Waals surface area contributed by atoms with E-state index in [1.165, 1.54) is 0 Å². The second-order valence-corrected chi connectivity index (χ2v) is 4.23. The summed E-state index contributed by atoms with van der Waals surface area (Å²) in [4.78, 5) is 0. The number of rotatable bonds is 6. The normalized spacial score (nSPS) is 16.3. The van der Waals surface area contributed by atoms with E-state index in [2.05, 4.69) is 0 Å². The third kappa shape index (κ3) is 3.60. The van der Waals surface area contributed by atoms with Crippen molar-refractivity contribution in [3.8, 4) is 5.75 Å². The predicted octanol–water partition coefficient (Wildman–Crippen LogP) is 3.13. The maximum Gasteiger partial charge on any atom is 0.187 e. The van der Waals surface area contributed by atoms with Gasteiger partial charge in [0.15, 0.2) is 6.29 Å². The van der Waals surface area contributed by atoms with Crippen LogP contribution in [0, 0.1) is 0 Å². The first-order chi connectivity index (χ1) is 8.42. The van der Waals surface area contributed by atoms with Gasteiger partial charge in [-0.2, -0.15) is 0 Å². The lowest BCUT2D eigenvalue weighted by Crippen LogP contribution is -2.04. The Labute approximate surface area is 107 Å². The van der Waals surface area contributed by atoms with E-state index in [0.29, 0.717) is 25.7 Å². The van der Waals surface area contributed by atoms with E-state index in [1.807, 2.05) is 24.3 Å². The molecule has 1 aromatic rings. The molecule has 0 N–H and O–H groups in total. The molecule has 1 aliphatic heterocycles. The SMILES string of the molecule is ClCCCCOc1ccccc1C1OCCO1. The second kappa shape index (κ2) is 6.84. The van der Waals surface area contributed by atoms with Gasteiger partial charge in [0.2, 0.25) is 0 Å². The first-order valence-electron chi connectivity index (χ1n) is 5.92. The molecular weight excluding hydrogens is 240 g/mol. The van der Waals surface area contributed by atoms with Gasteiger partial charge in [0.05, 0.1) is 19.8 Å². The van der Waals surface area contributed by atoms with Crippen molar-refractivity contribution >= 4 is 11.6 Å². The summed E-state index contributed by atoms with van der Waals surface area (Å²) in [6.45, 7) is 1.97. The van der Waals surface area contributed by atoms with Crippen LogP contribution in [0.5, 0.6) is 5.75 Å². The van der Waals surface area contributed by atoms with E-state index in [1.54, 1.807) is 0 Å². The van der Waals surface area contributed by atoms with E-state index in [4.69, 9.17) is 25.8 Å². The van der Waals surface area contributed by atoms with Gasteiger partial charge in [0.25, 0.3) is 0 Å². The fourth-order valence-corrected chi connectivity index (χ4v) is 1.91. The Bertz CT molecular complexity index is 337. The summed E-state index contributed by atoms with van der Waals surface area (Å²) in [7, 11) is 0. The average molecular weight is 257 g/mol. The number of benzene rings is 1. The highest BCUT2D eigenvalue weighted by molar-refractivity contribution is 6.17. The first-order valence-corrected chi connectivity index (χ1v) is 6.46. The molecule has 0 saturated carbocycles. The summed E-state index contributed by atoms with van der Waals surface area (Å²) in [5, 5.41) is 0. The number of halogens is 1. The Kier molecular flexibility index (Phi) is 5.10. The maximum atomic E-state index is 5.73. The molecule has 0 aliphatic carbocycles. The summed E-state index contributed by atoms with van der Waals surface area (Å²) in [5.41, 5.74) is 0.968. The third-order valence-corrected chi connectivity index (χ3v) is 2.85. The zero-order valence-electron chi connectivity index (χ0n) is 9.73. The van der Waals surface area contributed by atoms with Crippen molar-refractivity contribution in [1.29, 1.82) is 0 Å². The molecule has 0 aromatic heterocycles. The molecule has 1 aromatic carbocycles. The smallest absolute Gasteiger partial charge is 0.187 e. The minimum atomic E-state index is -0.278. The molecular formula is C13H17ClO3. The van der Waals surface area contributed by atoms with Crippen LogP contribution in [0.2, 0.25) is 0 Å². The van der Waals surface area contributed by atoms with Crippen molar-refractivity contribution in [3.63, 3.8) is 0 Å². The van der Waals surface area contributed by atoms with Gasteiger partial charge in [-0.1, -0.05) is 18.2 Å². The predicted molar refractivity (Wildman–Crippen MR) is 66.5 cm³/mol. The average Bonchev–Trinajstić information content (AvgIpc) is 2.89. The van der Waals surface area contributed by atoms with Crippen LogP contribution >= 0.6 is 11.6 Å². The van der Waals surface area contributed by atoms with E-state index in [-0.39, 0.29) is 6.29 Å². The van der Waals surface area contributed by atoms with Crippen LogP contribution in [0.15, 0.2) is 24.3 Å². The summed E-state index contributed by atoms with van der Waals surface area (Å²) in [6, 6.07) is 7.84. The van der Waals surface area contributed by atoms with Crippen molar-refractivity contribution in [3.05, 3.63) is 29.8 Å². The Morgan fingerprint density at radius 2 is 1.94 bits per heavy atom. The molecule has 0 amide bonds. The lowest BCUT2D eigenvalue weighted by molar-refractivity contribution is -0.0457. The Hall–Kier alpha value is -0.770. The van der Waals surface area contributed by atoms with E-state index in [9.17, 15) is 0 Å². The van der Waals surface area contributed by atoms with E-state index < -0.39 is 0 Å². The quantitative estimate of drug-likeness (QED) is 0.578. The van der Waals surface area contributed by atoms with Crippen molar-refractivity contribution in [2.24, 2.45) is 0 Å². The van der Waals surface area contributed by atoms with Gasteiger partial charge in [-0.05, 0) is 18.9 Å². The van der Waals surface area contributed by atoms with Gasteiger partial charge in [0.1, 0.15) is 5.75 Å². The minimum absolute atomic E-state index is 0.278. The summed E-state index contributed by atoms with van der Waals surface area (Å²) in [6.07, 6.45) is 1.66. The summed E-state index contributed by atoms with van der Waals surface area (Å²) in [5.74, 6) is 1.52. The van der Waals surface area contributed by atoms with Crippen LogP contribution in [-0.2, 0) is 9.47 Å². The number of unbranched alkanes of at least 4 members (excludes halogenated alkanes) is 1. The third-order valence-electron chi connectivity index (χ3n) is 2.58. The van der Waals surface area contributed by atoms with Gasteiger partial charge in [-0.3, -0.25) is 0 Å². The summed E-state index contributed by atoms with van der Waals surface area (Å²) < 4.78 is 16.7. The van der Waals surface area contributed by atoms with Crippen LogP contribution in [0.4, 0.5) is 0 Å². The van der Waals surface area contributed by atoms with Crippen molar-refractivity contribution in [2.75, 3.05) is 25.7 Å². The van der Waals surface area contributed by atoms with Gasteiger partial charge in [0, 0.05) is 11.4 Å². The van der Waals surface area contributed by atoms with Gasteiger partial charge in [-0.25, -0.2) is 0 Å². The largest absolute Gasteiger partial charge is 0.493 e. The highest BCUT2D eigenvalue weighted by Crippen LogP contribution is 2.31. The van der Waals surface area contributed by atoms with E-state index in [0.717, 1.165) is 24.2 Å². The Balaban J connectivity index is 1.95. The molecule has 1 heterocycles. The van der Waals surface area contributed by atoms with Crippen molar-refractivity contribution in [1.82, 2.24) is 0 Å². The van der Waals surface area contributed by atoms with Crippen molar-refractivity contribution in [2.45, 2.75) is 19.1 Å². The van der Waals surface area contributed by atoms with Crippen LogP contribution in [-0.4, -0.2) is 25.7 Å². The number of hydrogen-bond donors (Lipinski definition) is 0. The molecule has 17 heavy (non-hydrogen) atoms. The molecule has 1 saturated heterocycles. The monoisotopic (exact) mass is 256 g/mol. The van der Waals surface area contributed by atoms with Crippen LogP contribution in [0.3, 0.4) is 0 Å². The number of ether oxygens (including phenoxy) is 3. The zero-order valence-corrected chi connectivity index (χ0v) is 10.5. The number of alkyl halides is 1. The molecule has 4 heteroatoms. The molecule has 0 radical (unpaired) electrons.